The van der Waals surface area contributed by atoms with Gasteiger partial charge in [-0.1, -0.05) is 97.1 Å². The van der Waals surface area contributed by atoms with E-state index in [2.05, 4.69) is 79.4 Å². The van der Waals surface area contributed by atoms with Gasteiger partial charge in [0.05, 0.1) is 14.3 Å². The number of carbonyl (C=O) groups excluding carboxylic acids is 1. The lowest BCUT2D eigenvalue weighted by Crippen LogP contribution is -2.43. The van der Waals surface area contributed by atoms with Crippen molar-refractivity contribution in [2.75, 3.05) is 0 Å². The molecule has 0 aliphatic rings. The monoisotopic (exact) mass is 690 g/mol. The number of hydrogen-bond acceptors (Lipinski definition) is 4. The Kier molecular flexibility index (Phi) is 8.40. The van der Waals surface area contributed by atoms with Gasteiger partial charge in [0.25, 0.3) is 5.91 Å². The van der Waals surface area contributed by atoms with Crippen molar-refractivity contribution in [2.45, 2.75) is 12.2 Å². The van der Waals surface area contributed by atoms with Crippen LogP contribution in [0.1, 0.15) is 22.3 Å². The average Bonchev–Trinajstić information content (AvgIpc) is 2.97. The number of aliphatic hydroxyl groups is 1. The second kappa shape index (κ2) is 12.1. The average molecular weight is 691 g/mol. The van der Waals surface area contributed by atoms with E-state index in [0.717, 1.165) is 24.9 Å². The van der Waals surface area contributed by atoms with E-state index in [1.807, 2.05) is 36.4 Å². The summed E-state index contributed by atoms with van der Waals surface area (Å²) in [6.07, 6.45) is 1.54. The summed E-state index contributed by atoms with van der Waals surface area (Å²) in [7, 11) is 0. The number of fused-ring (bicyclic) bond motifs is 1. The Morgan fingerprint density at radius 3 is 2.13 bits per heavy atom. The summed E-state index contributed by atoms with van der Waals surface area (Å²) >= 11 is 5.82. The fourth-order valence-corrected chi connectivity index (χ4v) is 6.08. The van der Waals surface area contributed by atoms with Crippen LogP contribution in [0.3, 0.4) is 0 Å². The molecule has 0 aromatic heterocycles. The predicted octanol–water partition coefficient (Wildman–Crippen LogP) is 7.17. The first-order valence-electron chi connectivity index (χ1n) is 12.2. The molecule has 0 saturated carbocycles. The zero-order valence-electron chi connectivity index (χ0n) is 20.7. The van der Waals surface area contributed by atoms with Crippen molar-refractivity contribution in [1.29, 1.82) is 0 Å². The summed E-state index contributed by atoms with van der Waals surface area (Å²) in [5.74, 6) is 0.0766. The van der Waals surface area contributed by atoms with Crippen LogP contribution in [0.2, 0.25) is 0 Å². The third-order valence-electron chi connectivity index (χ3n) is 6.31. The van der Waals surface area contributed by atoms with Gasteiger partial charge in [-0.2, -0.15) is 5.10 Å². The van der Waals surface area contributed by atoms with Crippen molar-refractivity contribution < 1.29 is 14.6 Å². The van der Waals surface area contributed by atoms with Crippen LogP contribution in [0.4, 0.5) is 0 Å². The van der Waals surface area contributed by atoms with Gasteiger partial charge in [0.15, 0.2) is 5.60 Å². The molecule has 0 radical (unpaired) electrons. The number of nitrogens with zero attached hydrogens (tertiary/aromatic N) is 1. The number of hydrazone groups is 1. The van der Waals surface area contributed by atoms with Crippen LogP contribution in [0.25, 0.3) is 10.8 Å². The van der Waals surface area contributed by atoms with E-state index < -0.39 is 11.5 Å². The van der Waals surface area contributed by atoms with Crippen molar-refractivity contribution in [3.05, 3.63) is 146 Å². The highest BCUT2D eigenvalue weighted by Crippen LogP contribution is 2.33. The molecule has 5 aromatic carbocycles. The lowest BCUT2D eigenvalue weighted by molar-refractivity contribution is -0.136. The molecule has 0 atom stereocenters. The number of benzene rings is 5. The molecule has 0 bridgehead atoms. The smallest absolute Gasteiger partial charge is 0.281 e. The summed E-state index contributed by atoms with van der Waals surface area (Å²) in [5.41, 5.74) is 3.36. The van der Waals surface area contributed by atoms with Gasteiger partial charge < -0.3 is 9.84 Å². The van der Waals surface area contributed by atoms with E-state index in [0.29, 0.717) is 17.7 Å². The number of rotatable bonds is 8. The van der Waals surface area contributed by atoms with E-state index in [9.17, 15) is 9.90 Å². The largest absolute Gasteiger partial charge is 0.487 e. The van der Waals surface area contributed by atoms with Crippen LogP contribution in [0.5, 0.6) is 5.75 Å². The molecular formula is C32H24BrIN2O3. The van der Waals surface area contributed by atoms with Gasteiger partial charge >= 0.3 is 0 Å². The molecule has 2 N–H and O–H groups in total. The van der Waals surface area contributed by atoms with Gasteiger partial charge in [0.2, 0.25) is 0 Å². The second-order valence-electron chi connectivity index (χ2n) is 8.93. The first-order chi connectivity index (χ1) is 18.9. The number of hydrogen-bond donors (Lipinski definition) is 2. The SMILES string of the molecule is O=C(N/N=C/c1cc(Br)c(OCc2ccc3ccccc3c2)c(I)c1)C(O)(c1ccccc1)c1ccccc1. The molecule has 1 amide bonds. The van der Waals surface area contributed by atoms with Crippen LogP contribution >= 0.6 is 38.5 Å². The van der Waals surface area contributed by atoms with Crippen LogP contribution in [-0.2, 0) is 17.0 Å². The lowest BCUT2D eigenvalue weighted by atomic mass is 9.85. The second-order valence-corrected chi connectivity index (χ2v) is 10.9. The maximum absolute atomic E-state index is 13.2. The van der Waals surface area contributed by atoms with Crippen LogP contribution in [-0.4, -0.2) is 17.2 Å². The van der Waals surface area contributed by atoms with Gasteiger partial charge in [0, 0.05) is 0 Å². The Hall–Kier alpha value is -3.53. The lowest BCUT2D eigenvalue weighted by Gasteiger charge is -2.27. The molecular weight excluding hydrogens is 667 g/mol. The van der Waals surface area contributed by atoms with E-state index >= 15 is 0 Å². The van der Waals surface area contributed by atoms with Crippen molar-refractivity contribution in [2.24, 2.45) is 5.10 Å². The normalized spacial score (nSPS) is 11.6. The minimum Gasteiger partial charge on any atom is -0.487 e. The molecule has 0 unspecified atom stereocenters. The van der Waals surface area contributed by atoms with Gasteiger partial charge in [-0.05, 0) is 89.7 Å². The number of nitrogens with one attached hydrogen (secondary N) is 1. The highest BCUT2D eigenvalue weighted by atomic mass is 127. The van der Waals surface area contributed by atoms with Crippen LogP contribution in [0, 0.1) is 3.57 Å². The molecule has 5 nitrogen and oxygen atoms in total. The molecule has 5 rings (SSSR count). The fraction of sp³-hybridized carbons (Fsp3) is 0.0625. The summed E-state index contributed by atoms with van der Waals surface area (Å²) in [6, 6.07) is 36.0. The predicted molar refractivity (Wildman–Crippen MR) is 167 cm³/mol. The summed E-state index contributed by atoms with van der Waals surface area (Å²) in [5, 5.41) is 18.1. The maximum Gasteiger partial charge on any atom is 0.281 e. The first kappa shape index (κ1) is 27.1. The Bertz CT molecular complexity index is 1580. The van der Waals surface area contributed by atoms with Crippen molar-refractivity contribution >= 4 is 61.4 Å². The van der Waals surface area contributed by atoms with Crippen molar-refractivity contribution in [3.63, 3.8) is 0 Å². The number of carbonyl (C=O) groups is 1. The quantitative estimate of drug-likeness (QED) is 0.103. The summed E-state index contributed by atoms with van der Waals surface area (Å²) in [4.78, 5) is 13.2. The summed E-state index contributed by atoms with van der Waals surface area (Å²) in [6.45, 7) is 0.431. The number of halogens is 2. The van der Waals surface area contributed by atoms with Gasteiger partial charge in [-0.25, -0.2) is 5.43 Å². The molecule has 194 valence electrons. The molecule has 0 fully saturated rings. The molecule has 0 aliphatic carbocycles. The van der Waals surface area contributed by atoms with Gasteiger partial charge in [-0.3, -0.25) is 4.79 Å². The minimum absolute atomic E-state index is 0.431. The molecule has 0 saturated heterocycles. The molecule has 0 heterocycles. The van der Waals surface area contributed by atoms with Crippen LogP contribution in [0.15, 0.2) is 125 Å². The molecule has 0 aliphatic heterocycles. The van der Waals surface area contributed by atoms with Gasteiger partial charge in [0.1, 0.15) is 12.4 Å². The third kappa shape index (κ3) is 6.06. The molecule has 5 aromatic rings. The standard InChI is InChI=1S/C32H24BrIN2O3/c33-28-18-23(19-29(34)30(28)39-21-22-15-16-24-9-7-8-10-25(24)17-22)20-35-36-31(37)32(38,26-11-3-1-4-12-26)27-13-5-2-6-14-27/h1-20,38H,21H2,(H,36,37)/b35-20+. The van der Waals surface area contributed by atoms with Crippen molar-refractivity contribution in [1.82, 2.24) is 5.43 Å². The topological polar surface area (TPSA) is 70.9 Å². The Morgan fingerprint density at radius 2 is 1.49 bits per heavy atom. The van der Waals surface area contributed by atoms with E-state index in [1.54, 1.807) is 48.5 Å². The molecule has 39 heavy (non-hydrogen) atoms. The Balaban J connectivity index is 1.30. The third-order valence-corrected chi connectivity index (χ3v) is 7.70. The summed E-state index contributed by atoms with van der Waals surface area (Å²) < 4.78 is 7.80. The Labute approximate surface area is 248 Å². The minimum atomic E-state index is -1.89. The fourth-order valence-electron chi connectivity index (χ4n) is 4.31. The number of amides is 1. The van der Waals surface area contributed by atoms with Gasteiger partial charge in [-0.15, -0.1) is 0 Å². The highest BCUT2D eigenvalue weighted by molar-refractivity contribution is 14.1. The first-order valence-corrected chi connectivity index (χ1v) is 14.1. The van der Waals surface area contributed by atoms with E-state index in [4.69, 9.17) is 4.74 Å². The van der Waals surface area contributed by atoms with Crippen molar-refractivity contribution in [3.8, 4) is 5.75 Å². The van der Waals surface area contributed by atoms with Crippen LogP contribution < -0.4 is 10.2 Å². The zero-order valence-corrected chi connectivity index (χ0v) is 24.5. The van der Waals surface area contributed by atoms with E-state index in [1.165, 1.54) is 17.0 Å². The Morgan fingerprint density at radius 1 is 0.872 bits per heavy atom. The molecule has 0 spiro atoms. The number of ether oxygens (including phenoxy) is 1. The molecule has 7 heteroatoms. The van der Waals surface area contributed by atoms with E-state index in [-0.39, 0.29) is 0 Å². The highest BCUT2D eigenvalue weighted by Gasteiger charge is 2.39. The maximum atomic E-state index is 13.2. The zero-order chi connectivity index (χ0) is 27.2.